The van der Waals surface area contributed by atoms with Crippen LogP contribution in [0.3, 0.4) is 0 Å². The first-order valence-corrected chi connectivity index (χ1v) is 7.99. The Morgan fingerprint density at radius 1 is 0.944 bits per heavy atom. The Morgan fingerprint density at radius 2 is 1.50 bits per heavy atom. The summed E-state index contributed by atoms with van der Waals surface area (Å²) in [6.45, 7) is 2.23. The van der Waals surface area contributed by atoms with E-state index < -0.39 is 11.1 Å². The Hall–Kier alpha value is -0.670. The van der Waals surface area contributed by atoms with Crippen molar-refractivity contribution in [2.45, 2.75) is 63.2 Å². The molecular formula is C15H23O2S-. The molecule has 0 aliphatic heterocycles. The summed E-state index contributed by atoms with van der Waals surface area (Å²) >= 11 is -2.10. The molecule has 0 aliphatic carbocycles. The predicted molar refractivity (Wildman–Crippen MR) is 75.3 cm³/mol. The number of rotatable bonds is 9. The number of unbranched alkanes of at least 4 members (excludes halogenated alkanes) is 6. The van der Waals surface area contributed by atoms with E-state index >= 15 is 0 Å². The third kappa shape index (κ3) is 6.31. The summed E-state index contributed by atoms with van der Waals surface area (Å²) in [6, 6.07) is 7.20. The maximum absolute atomic E-state index is 10.7. The van der Waals surface area contributed by atoms with Crippen LogP contribution < -0.4 is 0 Å². The van der Waals surface area contributed by atoms with Gasteiger partial charge in [-0.2, -0.15) is 0 Å². The van der Waals surface area contributed by atoms with Crippen LogP contribution >= 0.6 is 0 Å². The van der Waals surface area contributed by atoms with Crippen molar-refractivity contribution >= 4 is 11.1 Å². The number of aryl methyl sites for hydroxylation is 1. The lowest BCUT2D eigenvalue weighted by Crippen LogP contribution is -1.90. The zero-order chi connectivity index (χ0) is 13.2. The molecule has 18 heavy (non-hydrogen) atoms. The van der Waals surface area contributed by atoms with Crippen LogP contribution in [0, 0.1) is 0 Å². The van der Waals surface area contributed by atoms with E-state index in [1.165, 1.54) is 50.5 Å². The SMILES string of the molecule is CCCCCCCCCc1ccc(S(=O)[O-])cc1. The van der Waals surface area contributed by atoms with E-state index in [2.05, 4.69) is 6.92 Å². The molecule has 2 nitrogen and oxygen atoms in total. The Labute approximate surface area is 113 Å². The topological polar surface area (TPSA) is 40.1 Å². The van der Waals surface area contributed by atoms with Crippen molar-refractivity contribution in [1.82, 2.24) is 0 Å². The van der Waals surface area contributed by atoms with Gasteiger partial charge in [-0.1, -0.05) is 57.6 Å². The maximum Gasteiger partial charge on any atom is 0.0248 e. The molecule has 1 aromatic carbocycles. The minimum absolute atomic E-state index is 0.373. The molecule has 0 fully saturated rings. The van der Waals surface area contributed by atoms with Crippen LogP contribution in [0.4, 0.5) is 0 Å². The Bertz CT molecular complexity index is 346. The summed E-state index contributed by atoms with van der Waals surface area (Å²) in [4.78, 5) is 0.373. The van der Waals surface area contributed by atoms with E-state index in [4.69, 9.17) is 0 Å². The van der Waals surface area contributed by atoms with Gasteiger partial charge >= 0.3 is 0 Å². The van der Waals surface area contributed by atoms with Crippen molar-refractivity contribution in [3.63, 3.8) is 0 Å². The number of benzene rings is 1. The highest BCUT2D eigenvalue weighted by atomic mass is 32.2. The van der Waals surface area contributed by atoms with E-state index in [1.54, 1.807) is 12.1 Å². The molecule has 0 N–H and O–H groups in total. The highest BCUT2D eigenvalue weighted by Crippen LogP contribution is 2.12. The van der Waals surface area contributed by atoms with Gasteiger partial charge in [0.2, 0.25) is 0 Å². The van der Waals surface area contributed by atoms with Crippen molar-refractivity contribution in [3.05, 3.63) is 29.8 Å². The minimum Gasteiger partial charge on any atom is -0.768 e. The number of hydrogen-bond donors (Lipinski definition) is 0. The molecule has 1 atom stereocenters. The Balaban J connectivity index is 2.14. The molecule has 0 radical (unpaired) electrons. The third-order valence-corrected chi connectivity index (χ3v) is 3.84. The molecule has 1 aromatic rings. The van der Waals surface area contributed by atoms with Gasteiger partial charge in [0.05, 0.1) is 0 Å². The van der Waals surface area contributed by atoms with Crippen LogP contribution in [-0.2, 0) is 17.5 Å². The molecule has 0 saturated heterocycles. The zero-order valence-electron chi connectivity index (χ0n) is 11.2. The summed E-state index contributed by atoms with van der Waals surface area (Å²) in [5, 5.41) is 0. The van der Waals surface area contributed by atoms with E-state index in [9.17, 15) is 8.76 Å². The summed E-state index contributed by atoms with van der Waals surface area (Å²) < 4.78 is 21.4. The quantitative estimate of drug-likeness (QED) is 0.496. The standard InChI is InChI=1S/C15H24O2S/c1-2-3-4-5-6-7-8-9-14-10-12-15(13-11-14)18(16)17/h10-13H,2-9H2,1H3,(H,16,17)/p-1. The lowest BCUT2D eigenvalue weighted by molar-refractivity contribution is 0.537. The molecule has 0 aliphatic rings. The molecule has 3 heteroatoms. The van der Waals surface area contributed by atoms with Crippen molar-refractivity contribution in [3.8, 4) is 0 Å². The minimum atomic E-state index is -2.10. The zero-order valence-corrected chi connectivity index (χ0v) is 12.0. The van der Waals surface area contributed by atoms with E-state index in [-0.39, 0.29) is 0 Å². The molecule has 0 saturated carbocycles. The molecule has 0 amide bonds. The second-order valence-corrected chi connectivity index (χ2v) is 5.69. The van der Waals surface area contributed by atoms with Gasteiger partial charge in [0, 0.05) is 4.90 Å². The van der Waals surface area contributed by atoms with Crippen LogP contribution in [0.25, 0.3) is 0 Å². The van der Waals surface area contributed by atoms with Crippen LogP contribution in [0.15, 0.2) is 29.2 Å². The van der Waals surface area contributed by atoms with Gasteiger partial charge in [-0.3, -0.25) is 4.21 Å². The van der Waals surface area contributed by atoms with Gasteiger partial charge in [0.15, 0.2) is 0 Å². The molecule has 1 rings (SSSR count). The van der Waals surface area contributed by atoms with Crippen LogP contribution in [-0.4, -0.2) is 8.76 Å². The first kappa shape index (κ1) is 15.4. The fourth-order valence-electron chi connectivity index (χ4n) is 2.05. The normalized spacial score (nSPS) is 12.6. The molecule has 0 bridgehead atoms. The summed E-state index contributed by atoms with van der Waals surface area (Å²) in [6.07, 6.45) is 10.2. The first-order chi connectivity index (χ1) is 8.74. The first-order valence-electron chi connectivity index (χ1n) is 6.92. The molecule has 0 heterocycles. The maximum atomic E-state index is 10.7. The van der Waals surface area contributed by atoms with Crippen molar-refractivity contribution in [2.75, 3.05) is 0 Å². The van der Waals surface area contributed by atoms with Gasteiger partial charge in [0.25, 0.3) is 0 Å². The summed E-state index contributed by atoms with van der Waals surface area (Å²) in [5.41, 5.74) is 1.23. The average Bonchev–Trinajstić information content (AvgIpc) is 2.38. The summed E-state index contributed by atoms with van der Waals surface area (Å²) in [7, 11) is 0. The number of hydrogen-bond acceptors (Lipinski definition) is 2. The Morgan fingerprint density at radius 3 is 2.06 bits per heavy atom. The second kappa shape index (κ2) is 9.29. The lowest BCUT2D eigenvalue weighted by Gasteiger charge is -2.06. The van der Waals surface area contributed by atoms with Gasteiger partial charge in [-0.25, -0.2) is 0 Å². The molecule has 0 aromatic heterocycles. The highest BCUT2D eigenvalue weighted by molar-refractivity contribution is 7.79. The largest absolute Gasteiger partial charge is 0.768 e. The Kier molecular flexibility index (Phi) is 7.94. The third-order valence-electron chi connectivity index (χ3n) is 3.18. The van der Waals surface area contributed by atoms with Gasteiger partial charge in [0.1, 0.15) is 0 Å². The molecule has 0 spiro atoms. The monoisotopic (exact) mass is 267 g/mol. The smallest absolute Gasteiger partial charge is 0.0248 e. The average molecular weight is 267 g/mol. The molecule has 1 unspecified atom stereocenters. The fourth-order valence-corrected chi connectivity index (χ4v) is 2.41. The predicted octanol–water partition coefficient (Wildman–Crippen LogP) is 4.22. The van der Waals surface area contributed by atoms with E-state index in [0.29, 0.717) is 4.90 Å². The van der Waals surface area contributed by atoms with Gasteiger partial charge in [-0.05, 0) is 41.6 Å². The molecule has 102 valence electrons. The molecular weight excluding hydrogens is 244 g/mol. The van der Waals surface area contributed by atoms with Gasteiger partial charge < -0.3 is 4.55 Å². The lowest BCUT2D eigenvalue weighted by atomic mass is 10.0. The van der Waals surface area contributed by atoms with Crippen molar-refractivity contribution in [1.29, 1.82) is 0 Å². The second-order valence-electron chi connectivity index (χ2n) is 4.75. The fraction of sp³-hybridized carbons (Fsp3) is 0.600. The highest BCUT2D eigenvalue weighted by Gasteiger charge is 1.96. The van der Waals surface area contributed by atoms with Crippen molar-refractivity contribution < 1.29 is 8.76 Å². The van der Waals surface area contributed by atoms with Crippen LogP contribution in [0.1, 0.15) is 57.4 Å². The van der Waals surface area contributed by atoms with Crippen LogP contribution in [0.2, 0.25) is 0 Å². The van der Waals surface area contributed by atoms with Crippen molar-refractivity contribution in [2.24, 2.45) is 0 Å². The van der Waals surface area contributed by atoms with Gasteiger partial charge in [-0.15, -0.1) is 0 Å². The summed E-state index contributed by atoms with van der Waals surface area (Å²) in [5.74, 6) is 0. The van der Waals surface area contributed by atoms with Crippen LogP contribution in [0.5, 0.6) is 0 Å². The van der Waals surface area contributed by atoms with E-state index in [0.717, 1.165) is 6.42 Å². The van der Waals surface area contributed by atoms with E-state index in [1.807, 2.05) is 12.1 Å².